The summed E-state index contributed by atoms with van der Waals surface area (Å²) in [6.07, 6.45) is 2.35. The molecule has 2 amide bonds. The molecule has 0 aromatic heterocycles. The van der Waals surface area contributed by atoms with Gasteiger partial charge < -0.3 is 10.1 Å². The molecular weight excluding hydrogens is 492 g/mol. The molecule has 0 unspecified atom stereocenters. The van der Waals surface area contributed by atoms with Crippen molar-refractivity contribution >= 4 is 44.4 Å². The van der Waals surface area contributed by atoms with Crippen LogP contribution in [0.15, 0.2) is 71.2 Å². The summed E-state index contributed by atoms with van der Waals surface area (Å²) in [5.74, 6) is 1.33. The molecule has 3 aromatic rings. The van der Waals surface area contributed by atoms with Crippen LogP contribution in [0.1, 0.15) is 43.5 Å². The van der Waals surface area contributed by atoms with Gasteiger partial charge in [0.15, 0.2) is 0 Å². The molecule has 2 N–H and O–H groups in total. The molecule has 3 atom stereocenters. The first-order chi connectivity index (χ1) is 16.4. The van der Waals surface area contributed by atoms with Gasteiger partial charge in [0.1, 0.15) is 0 Å². The van der Waals surface area contributed by atoms with E-state index in [9.17, 15) is 9.59 Å². The molecule has 0 saturated heterocycles. The van der Waals surface area contributed by atoms with E-state index in [1.165, 1.54) is 0 Å². The third-order valence-electron chi connectivity index (χ3n) is 6.39. The second-order valence-corrected chi connectivity index (χ2v) is 10.4. The minimum Gasteiger partial charge on any atom is -0.449 e. The van der Waals surface area contributed by atoms with Crippen molar-refractivity contribution in [2.24, 2.45) is 17.8 Å². The summed E-state index contributed by atoms with van der Waals surface area (Å²) in [4.78, 5) is 25.1. The Kier molecular flexibility index (Phi) is 7.88. The molecule has 1 aliphatic rings. The van der Waals surface area contributed by atoms with E-state index < -0.39 is 6.09 Å². The fourth-order valence-corrected chi connectivity index (χ4v) is 4.85. The van der Waals surface area contributed by atoms with E-state index in [-0.39, 0.29) is 11.9 Å². The lowest BCUT2D eigenvalue weighted by Crippen LogP contribution is -2.38. The summed E-state index contributed by atoms with van der Waals surface area (Å²) in [5, 5.41) is 8.18. The Hall–Kier alpha value is -2.86. The molecule has 178 valence electrons. The van der Waals surface area contributed by atoms with Crippen LogP contribution in [-0.4, -0.2) is 24.6 Å². The number of halogens is 1. The average Bonchev–Trinajstić information content (AvgIpc) is 3.58. The van der Waals surface area contributed by atoms with Gasteiger partial charge in [0.2, 0.25) is 0 Å². The number of anilines is 1. The number of carbonyl (C=O) groups is 2. The first kappa shape index (κ1) is 24.3. The highest BCUT2D eigenvalue weighted by Crippen LogP contribution is 2.45. The van der Waals surface area contributed by atoms with Crippen LogP contribution in [0.5, 0.6) is 0 Å². The molecular formula is C28H31BrN2O3. The Morgan fingerprint density at radius 1 is 1.03 bits per heavy atom. The third-order valence-corrected chi connectivity index (χ3v) is 6.92. The first-order valence-corrected chi connectivity index (χ1v) is 12.7. The molecule has 1 fully saturated rings. The maximum absolute atomic E-state index is 12.8. The van der Waals surface area contributed by atoms with E-state index in [4.69, 9.17) is 4.74 Å². The van der Waals surface area contributed by atoms with E-state index in [2.05, 4.69) is 40.4 Å². The lowest BCUT2D eigenvalue weighted by molar-refractivity contribution is 0.0924. The summed E-state index contributed by atoms with van der Waals surface area (Å²) in [6, 6.07) is 21.3. The topological polar surface area (TPSA) is 67.4 Å². The van der Waals surface area contributed by atoms with E-state index in [1.807, 2.05) is 66.7 Å². The second-order valence-electron chi connectivity index (χ2n) is 9.45. The molecule has 6 heteroatoms. The zero-order valence-corrected chi connectivity index (χ0v) is 21.2. The van der Waals surface area contributed by atoms with Gasteiger partial charge in [0.25, 0.3) is 5.91 Å². The summed E-state index contributed by atoms with van der Waals surface area (Å²) >= 11 is 3.41. The number of fused-ring (bicyclic) bond motifs is 1. The van der Waals surface area contributed by atoms with Gasteiger partial charge in [0.05, 0.1) is 12.3 Å². The highest BCUT2D eigenvalue weighted by molar-refractivity contribution is 9.10. The quantitative estimate of drug-likeness (QED) is 0.317. The summed E-state index contributed by atoms with van der Waals surface area (Å²) < 4.78 is 6.43. The van der Waals surface area contributed by atoms with Crippen molar-refractivity contribution in [2.75, 3.05) is 11.9 Å². The van der Waals surface area contributed by atoms with Gasteiger partial charge >= 0.3 is 6.09 Å². The molecule has 0 spiro atoms. The predicted molar refractivity (Wildman–Crippen MR) is 140 cm³/mol. The van der Waals surface area contributed by atoms with Gasteiger partial charge in [-0.3, -0.25) is 10.1 Å². The number of amides is 2. The molecule has 0 heterocycles. The van der Waals surface area contributed by atoms with Crippen LogP contribution in [0, 0.1) is 17.8 Å². The van der Waals surface area contributed by atoms with Gasteiger partial charge in [-0.05, 0) is 72.7 Å². The smallest absolute Gasteiger partial charge is 0.411 e. The molecule has 5 nitrogen and oxygen atoms in total. The van der Waals surface area contributed by atoms with E-state index in [0.717, 1.165) is 40.2 Å². The monoisotopic (exact) mass is 522 g/mol. The molecule has 4 rings (SSSR count). The molecule has 0 radical (unpaired) electrons. The van der Waals surface area contributed by atoms with Gasteiger partial charge in [0, 0.05) is 21.5 Å². The lowest BCUT2D eigenvalue weighted by Gasteiger charge is -2.21. The standard InChI is InChI=1S/C28H31BrN2O3/c1-18(2)16-26(30-27(32)20-10-12-22(29)13-11-20)24-17-21(24)14-15-34-28(33)31-25-9-5-7-19-6-3-4-8-23(19)25/h3-13,18,21,24,26H,14-17H2,1-2H3,(H,30,32)(H,31,33)/t21-,24-,26+/m1/s1. The fourth-order valence-electron chi connectivity index (χ4n) is 4.58. The molecule has 0 aliphatic heterocycles. The van der Waals surface area contributed by atoms with Crippen LogP contribution in [0.4, 0.5) is 10.5 Å². The number of carbonyl (C=O) groups excluding carboxylic acids is 2. The summed E-state index contributed by atoms with van der Waals surface area (Å²) in [5.41, 5.74) is 1.42. The largest absolute Gasteiger partial charge is 0.449 e. The van der Waals surface area contributed by atoms with Crippen molar-refractivity contribution in [2.45, 2.75) is 39.2 Å². The predicted octanol–water partition coefficient (Wildman–Crippen LogP) is 7.02. The van der Waals surface area contributed by atoms with Crippen LogP contribution < -0.4 is 10.6 Å². The zero-order valence-electron chi connectivity index (χ0n) is 19.6. The maximum Gasteiger partial charge on any atom is 0.411 e. The number of hydrogen-bond donors (Lipinski definition) is 2. The number of nitrogens with one attached hydrogen (secondary N) is 2. The van der Waals surface area contributed by atoms with E-state index in [0.29, 0.717) is 29.9 Å². The molecule has 0 bridgehead atoms. The average molecular weight is 523 g/mol. The van der Waals surface area contributed by atoms with Crippen LogP contribution in [0.3, 0.4) is 0 Å². The number of rotatable bonds is 9. The van der Waals surface area contributed by atoms with E-state index in [1.54, 1.807) is 0 Å². The van der Waals surface area contributed by atoms with Crippen molar-refractivity contribution in [3.63, 3.8) is 0 Å². The molecule has 1 saturated carbocycles. The van der Waals surface area contributed by atoms with Crippen molar-refractivity contribution < 1.29 is 14.3 Å². The van der Waals surface area contributed by atoms with Crippen molar-refractivity contribution in [1.82, 2.24) is 5.32 Å². The van der Waals surface area contributed by atoms with Crippen molar-refractivity contribution in [1.29, 1.82) is 0 Å². The molecule has 1 aliphatic carbocycles. The van der Waals surface area contributed by atoms with Crippen LogP contribution in [0.25, 0.3) is 10.8 Å². The maximum atomic E-state index is 12.8. The Bertz CT molecular complexity index is 1140. The lowest BCUT2D eigenvalue weighted by atomic mass is 9.98. The van der Waals surface area contributed by atoms with Crippen LogP contribution in [-0.2, 0) is 4.74 Å². The van der Waals surface area contributed by atoms with Crippen molar-refractivity contribution in [3.05, 3.63) is 76.8 Å². The zero-order chi connectivity index (χ0) is 24.1. The molecule has 34 heavy (non-hydrogen) atoms. The Morgan fingerprint density at radius 3 is 2.53 bits per heavy atom. The Labute approximate surface area is 209 Å². The highest BCUT2D eigenvalue weighted by atomic mass is 79.9. The second kappa shape index (κ2) is 11.0. The normalized spacial score (nSPS) is 17.9. The highest BCUT2D eigenvalue weighted by Gasteiger charge is 2.43. The van der Waals surface area contributed by atoms with Gasteiger partial charge in [-0.2, -0.15) is 0 Å². The van der Waals surface area contributed by atoms with Crippen LogP contribution in [0.2, 0.25) is 0 Å². The molecule has 3 aromatic carbocycles. The van der Waals surface area contributed by atoms with E-state index >= 15 is 0 Å². The van der Waals surface area contributed by atoms with Crippen LogP contribution >= 0.6 is 15.9 Å². The van der Waals surface area contributed by atoms with Gasteiger partial charge in [-0.15, -0.1) is 0 Å². The fraction of sp³-hybridized carbons (Fsp3) is 0.357. The minimum absolute atomic E-state index is 0.0329. The summed E-state index contributed by atoms with van der Waals surface area (Å²) in [7, 11) is 0. The summed E-state index contributed by atoms with van der Waals surface area (Å²) in [6.45, 7) is 4.72. The van der Waals surface area contributed by atoms with Crippen molar-refractivity contribution in [3.8, 4) is 0 Å². The number of ether oxygens (including phenoxy) is 1. The van der Waals surface area contributed by atoms with Gasteiger partial charge in [-0.25, -0.2) is 4.79 Å². The Balaban J connectivity index is 1.26. The minimum atomic E-state index is -0.434. The number of benzene rings is 3. The number of hydrogen-bond acceptors (Lipinski definition) is 3. The van der Waals surface area contributed by atoms with Gasteiger partial charge in [-0.1, -0.05) is 66.2 Å². The third kappa shape index (κ3) is 6.38. The first-order valence-electron chi connectivity index (χ1n) is 11.9. The SMILES string of the molecule is CC(C)C[C@H](NC(=O)c1ccc(Br)cc1)[C@@H]1C[C@H]1CCOC(=O)Nc1cccc2ccccc12. The Morgan fingerprint density at radius 2 is 1.76 bits per heavy atom.